The zero-order valence-corrected chi connectivity index (χ0v) is 17.0. The predicted molar refractivity (Wildman–Crippen MR) is 103 cm³/mol. The molecule has 5 nitrogen and oxygen atoms in total. The molecule has 2 saturated heterocycles. The second-order valence-electron chi connectivity index (χ2n) is 7.77. The summed E-state index contributed by atoms with van der Waals surface area (Å²) in [5.41, 5.74) is 0.395. The third kappa shape index (κ3) is 4.07. The molecule has 0 saturated carbocycles. The SMILES string of the molecule is CC1CC(C)CN(C(=O)c2ccc(Cl)c(S(=O)(=O)N3CCCCC3)c2)C1. The summed E-state index contributed by atoms with van der Waals surface area (Å²) in [6.07, 6.45) is 3.88. The fraction of sp³-hybridized carbons (Fsp3) is 0.632. The van der Waals surface area contributed by atoms with Gasteiger partial charge in [0.2, 0.25) is 10.0 Å². The van der Waals surface area contributed by atoms with Gasteiger partial charge in [-0.1, -0.05) is 31.9 Å². The average molecular weight is 399 g/mol. The number of carbonyl (C=O) groups is 1. The van der Waals surface area contributed by atoms with Gasteiger partial charge in [-0.15, -0.1) is 0 Å². The fourth-order valence-electron chi connectivity index (χ4n) is 4.09. The van der Waals surface area contributed by atoms with Crippen molar-refractivity contribution in [1.29, 1.82) is 0 Å². The summed E-state index contributed by atoms with van der Waals surface area (Å²) < 4.78 is 27.4. The Bertz CT molecular complexity index is 765. The van der Waals surface area contributed by atoms with Gasteiger partial charge in [0, 0.05) is 31.7 Å². The first kappa shape index (κ1) is 19.6. The van der Waals surface area contributed by atoms with E-state index in [-0.39, 0.29) is 15.8 Å². The summed E-state index contributed by atoms with van der Waals surface area (Å²) in [6, 6.07) is 4.62. The molecule has 0 aromatic heterocycles. The van der Waals surface area contributed by atoms with Crippen LogP contribution in [0.3, 0.4) is 0 Å². The van der Waals surface area contributed by atoms with Crippen molar-refractivity contribution in [3.05, 3.63) is 28.8 Å². The molecule has 0 bridgehead atoms. The summed E-state index contributed by atoms with van der Waals surface area (Å²) in [5, 5.41) is 0.174. The lowest BCUT2D eigenvalue weighted by molar-refractivity contribution is 0.0623. The highest BCUT2D eigenvalue weighted by Crippen LogP contribution is 2.29. The largest absolute Gasteiger partial charge is 0.338 e. The molecule has 3 rings (SSSR count). The van der Waals surface area contributed by atoms with Crippen LogP contribution in [0, 0.1) is 11.8 Å². The predicted octanol–water partition coefficient (Wildman–Crippen LogP) is 3.63. The van der Waals surface area contributed by atoms with Gasteiger partial charge in [0.05, 0.1) is 5.02 Å². The zero-order valence-electron chi connectivity index (χ0n) is 15.4. The molecule has 0 N–H and O–H groups in total. The number of nitrogens with zero attached hydrogens (tertiary/aromatic N) is 2. The molecule has 2 aliphatic rings. The topological polar surface area (TPSA) is 57.7 Å². The van der Waals surface area contributed by atoms with Gasteiger partial charge in [0.15, 0.2) is 0 Å². The maximum Gasteiger partial charge on any atom is 0.253 e. The third-order valence-electron chi connectivity index (χ3n) is 5.27. The zero-order chi connectivity index (χ0) is 18.9. The summed E-state index contributed by atoms with van der Waals surface area (Å²) in [5.74, 6) is 0.785. The number of benzene rings is 1. The molecule has 2 unspecified atom stereocenters. The average Bonchev–Trinajstić information content (AvgIpc) is 2.61. The van der Waals surface area contributed by atoms with E-state index in [0.717, 1.165) is 25.7 Å². The molecule has 2 heterocycles. The van der Waals surface area contributed by atoms with Crippen LogP contribution in [0.25, 0.3) is 0 Å². The smallest absolute Gasteiger partial charge is 0.253 e. The molecule has 0 radical (unpaired) electrons. The van der Waals surface area contributed by atoms with Gasteiger partial charge in [0.1, 0.15) is 4.90 Å². The first-order valence-corrected chi connectivity index (χ1v) is 11.2. The van der Waals surface area contributed by atoms with Gasteiger partial charge in [0.25, 0.3) is 5.91 Å². The minimum atomic E-state index is -3.67. The number of rotatable bonds is 3. The minimum Gasteiger partial charge on any atom is -0.338 e. The van der Waals surface area contributed by atoms with Crippen LogP contribution in [0.15, 0.2) is 23.1 Å². The van der Waals surface area contributed by atoms with Crippen LogP contribution >= 0.6 is 11.6 Å². The monoisotopic (exact) mass is 398 g/mol. The van der Waals surface area contributed by atoms with Gasteiger partial charge in [-0.2, -0.15) is 4.31 Å². The van der Waals surface area contributed by atoms with E-state index >= 15 is 0 Å². The van der Waals surface area contributed by atoms with Crippen molar-refractivity contribution in [3.63, 3.8) is 0 Å². The number of amides is 1. The van der Waals surface area contributed by atoms with Gasteiger partial charge >= 0.3 is 0 Å². The van der Waals surface area contributed by atoms with E-state index in [1.54, 1.807) is 6.07 Å². The molecule has 7 heteroatoms. The summed E-state index contributed by atoms with van der Waals surface area (Å²) >= 11 is 6.21. The van der Waals surface area contributed by atoms with E-state index < -0.39 is 10.0 Å². The Morgan fingerprint density at radius 1 is 1.08 bits per heavy atom. The van der Waals surface area contributed by atoms with E-state index in [9.17, 15) is 13.2 Å². The van der Waals surface area contributed by atoms with Crippen molar-refractivity contribution in [2.45, 2.75) is 44.4 Å². The van der Waals surface area contributed by atoms with Crippen molar-refractivity contribution in [1.82, 2.24) is 9.21 Å². The van der Waals surface area contributed by atoms with Crippen LogP contribution in [-0.2, 0) is 10.0 Å². The number of halogens is 1. The number of piperidine rings is 2. The summed E-state index contributed by atoms with van der Waals surface area (Å²) in [7, 11) is -3.67. The second-order valence-corrected chi connectivity index (χ2v) is 10.1. The van der Waals surface area contributed by atoms with Gasteiger partial charge < -0.3 is 4.90 Å². The molecule has 26 heavy (non-hydrogen) atoms. The molecule has 1 aromatic rings. The Hall–Kier alpha value is -1.11. The van der Waals surface area contributed by atoms with Gasteiger partial charge in [-0.25, -0.2) is 8.42 Å². The lowest BCUT2D eigenvalue weighted by atomic mass is 9.91. The second kappa shape index (κ2) is 7.87. The highest BCUT2D eigenvalue weighted by atomic mass is 35.5. The molecule has 144 valence electrons. The standard InChI is InChI=1S/C19H27ClN2O3S/c1-14-10-15(2)13-21(12-14)19(23)16-6-7-17(20)18(11-16)26(24,25)22-8-4-3-5-9-22/h6-7,11,14-15H,3-5,8-10,12-13H2,1-2H3. The van der Waals surface area contributed by atoms with E-state index in [0.29, 0.717) is 43.6 Å². The number of hydrogen-bond donors (Lipinski definition) is 0. The first-order valence-electron chi connectivity index (χ1n) is 9.38. The van der Waals surface area contributed by atoms with Crippen molar-refractivity contribution in [2.75, 3.05) is 26.2 Å². The van der Waals surface area contributed by atoms with E-state index in [4.69, 9.17) is 11.6 Å². The quantitative estimate of drug-likeness (QED) is 0.781. The van der Waals surface area contributed by atoms with Crippen molar-refractivity contribution >= 4 is 27.5 Å². The molecule has 2 aliphatic heterocycles. The molecule has 0 aliphatic carbocycles. The number of hydrogen-bond acceptors (Lipinski definition) is 3. The lowest BCUT2D eigenvalue weighted by Crippen LogP contribution is -2.42. The molecular weight excluding hydrogens is 372 g/mol. The Morgan fingerprint density at radius 3 is 2.31 bits per heavy atom. The van der Waals surface area contributed by atoms with Crippen LogP contribution in [0.5, 0.6) is 0 Å². The minimum absolute atomic E-state index is 0.0463. The molecule has 1 amide bonds. The Labute approximate surface area is 161 Å². The van der Waals surface area contributed by atoms with Crippen molar-refractivity contribution in [2.24, 2.45) is 11.8 Å². The Morgan fingerprint density at radius 2 is 1.69 bits per heavy atom. The van der Waals surface area contributed by atoms with Crippen LogP contribution in [0.2, 0.25) is 5.02 Å². The van der Waals surface area contributed by atoms with Crippen molar-refractivity contribution < 1.29 is 13.2 Å². The number of sulfonamides is 1. The molecular formula is C19H27ClN2O3S. The van der Waals surface area contributed by atoms with Crippen molar-refractivity contribution in [3.8, 4) is 0 Å². The number of carbonyl (C=O) groups excluding carboxylic acids is 1. The summed E-state index contributed by atoms with van der Waals surface area (Å²) in [4.78, 5) is 14.8. The normalized spacial score (nSPS) is 25.3. The maximum atomic E-state index is 13.0. The van der Waals surface area contributed by atoms with Crippen LogP contribution in [0.4, 0.5) is 0 Å². The molecule has 2 atom stereocenters. The van der Waals surface area contributed by atoms with Gasteiger partial charge in [-0.3, -0.25) is 4.79 Å². The molecule has 2 fully saturated rings. The van der Waals surface area contributed by atoms with Gasteiger partial charge in [-0.05, 0) is 49.3 Å². The third-order valence-corrected chi connectivity index (χ3v) is 7.65. The van der Waals surface area contributed by atoms with E-state index in [1.807, 2.05) is 4.90 Å². The highest BCUT2D eigenvalue weighted by molar-refractivity contribution is 7.89. The Balaban J connectivity index is 1.88. The lowest BCUT2D eigenvalue weighted by Gasteiger charge is -2.35. The molecule has 1 aromatic carbocycles. The van der Waals surface area contributed by atoms with Crippen LogP contribution in [0.1, 0.15) is 49.9 Å². The number of likely N-dealkylation sites (tertiary alicyclic amines) is 1. The van der Waals surface area contributed by atoms with Crippen LogP contribution < -0.4 is 0 Å². The first-order chi connectivity index (χ1) is 12.3. The highest BCUT2D eigenvalue weighted by Gasteiger charge is 2.30. The Kier molecular flexibility index (Phi) is 5.94. The molecule has 0 spiro atoms. The van der Waals surface area contributed by atoms with Crippen LogP contribution in [-0.4, -0.2) is 49.7 Å². The maximum absolute atomic E-state index is 13.0. The van der Waals surface area contributed by atoms with E-state index in [1.165, 1.54) is 16.4 Å². The summed E-state index contributed by atoms with van der Waals surface area (Å²) in [6.45, 7) is 6.73. The van der Waals surface area contributed by atoms with E-state index in [2.05, 4.69) is 13.8 Å². The fourth-order valence-corrected chi connectivity index (χ4v) is 6.11.